The van der Waals surface area contributed by atoms with Gasteiger partial charge in [-0.3, -0.25) is 9.69 Å². The molecule has 0 bridgehead atoms. The fourth-order valence-electron chi connectivity index (χ4n) is 4.45. The second-order valence-electron chi connectivity index (χ2n) is 9.62. The number of hydrogen-bond donors (Lipinski definition) is 1. The van der Waals surface area contributed by atoms with Gasteiger partial charge in [0.15, 0.2) is 0 Å². The van der Waals surface area contributed by atoms with E-state index in [1.165, 1.54) is 11.3 Å². The van der Waals surface area contributed by atoms with Crippen molar-refractivity contribution in [3.8, 4) is 0 Å². The average Bonchev–Trinajstić information content (AvgIpc) is 2.62. The van der Waals surface area contributed by atoms with Crippen molar-refractivity contribution < 1.29 is 9.90 Å². The minimum Gasteiger partial charge on any atom is -0.389 e. The van der Waals surface area contributed by atoms with Crippen LogP contribution in [0, 0.1) is 12.8 Å². The van der Waals surface area contributed by atoms with Crippen molar-refractivity contribution in [2.75, 3.05) is 31.1 Å². The van der Waals surface area contributed by atoms with Gasteiger partial charge in [0.1, 0.15) is 5.78 Å². The van der Waals surface area contributed by atoms with Gasteiger partial charge in [0.2, 0.25) is 0 Å². The fourth-order valence-corrected chi connectivity index (χ4v) is 4.45. The lowest BCUT2D eigenvalue weighted by Crippen LogP contribution is -2.52. The van der Waals surface area contributed by atoms with E-state index < -0.39 is 5.60 Å². The van der Waals surface area contributed by atoms with Crippen molar-refractivity contribution in [2.45, 2.75) is 70.9 Å². The first-order valence-electron chi connectivity index (χ1n) is 10.5. The molecular formula is C23H36N2O2. The van der Waals surface area contributed by atoms with Gasteiger partial charge >= 0.3 is 0 Å². The lowest BCUT2D eigenvalue weighted by molar-refractivity contribution is -0.131. The summed E-state index contributed by atoms with van der Waals surface area (Å²) in [5, 5.41) is 11.0. The molecule has 1 N–H and O–H groups in total. The van der Waals surface area contributed by atoms with E-state index in [2.05, 4.69) is 61.8 Å². The normalized spacial score (nSPS) is 22.0. The van der Waals surface area contributed by atoms with Gasteiger partial charge in [0.05, 0.1) is 5.60 Å². The van der Waals surface area contributed by atoms with Crippen LogP contribution in [0.15, 0.2) is 24.3 Å². The largest absolute Gasteiger partial charge is 0.389 e. The Labute approximate surface area is 164 Å². The predicted molar refractivity (Wildman–Crippen MR) is 111 cm³/mol. The highest BCUT2D eigenvalue weighted by Crippen LogP contribution is 2.32. The Balaban J connectivity index is 1.49. The molecule has 27 heavy (non-hydrogen) atoms. The molecule has 0 radical (unpaired) electrons. The minimum absolute atomic E-state index is 0.108. The minimum atomic E-state index is -0.799. The molecule has 1 aromatic carbocycles. The summed E-state index contributed by atoms with van der Waals surface area (Å²) in [7, 11) is 0. The van der Waals surface area contributed by atoms with Gasteiger partial charge in [0.25, 0.3) is 0 Å². The summed E-state index contributed by atoms with van der Waals surface area (Å²) >= 11 is 0. The third-order valence-corrected chi connectivity index (χ3v) is 6.50. The number of anilines is 1. The van der Waals surface area contributed by atoms with Crippen LogP contribution in [0.3, 0.4) is 0 Å². The van der Waals surface area contributed by atoms with Gasteiger partial charge in [-0.05, 0) is 65.5 Å². The number of carbonyl (C=O) groups is 1. The number of carbonyl (C=O) groups excluding carboxylic acids is 1. The SMILES string of the molecule is Cc1ccc(N2CCC(C(=O)CC3(O)CCN(C(C)(C)C)CC3)CC2)cc1. The standard InChI is InChI=1S/C23H36N2O2/c1-18-5-7-20(8-6-18)24-13-9-19(10-14-24)21(26)17-23(27)11-15-25(16-12-23)22(2,3)4/h5-8,19,27H,9-17H2,1-4H3. The molecule has 2 fully saturated rings. The third kappa shape index (κ3) is 5.11. The summed E-state index contributed by atoms with van der Waals surface area (Å²) in [5.41, 5.74) is 1.86. The smallest absolute Gasteiger partial charge is 0.138 e. The van der Waals surface area contributed by atoms with Crippen LogP contribution in [0.1, 0.15) is 58.4 Å². The van der Waals surface area contributed by atoms with Crippen LogP contribution in [0.25, 0.3) is 0 Å². The highest BCUT2D eigenvalue weighted by molar-refractivity contribution is 5.82. The van der Waals surface area contributed by atoms with E-state index in [0.29, 0.717) is 19.3 Å². The third-order valence-electron chi connectivity index (χ3n) is 6.50. The maximum atomic E-state index is 12.8. The molecule has 0 atom stereocenters. The zero-order valence-corrected chi connectivity index (χ0v) is 17.5. The van der Waals surface area contributed by atoms with Gasteiger partial charge in [-0.2, -0.15) is 0 Å². The van der Waals surface area contributed by atoms with Crippen LogP contribution in [0.5, 0.6) is 0 Å². The lowest BCUT2D eigenvalue weighted by atomic mass is 9.80. The second-order valence-corrected chi connectivity index (χ2v) is 9.62. The maximum absolute atomic E-state index is 12.8. The van der Waals surface area contributed by atoms with Crippen molar-refractivity contribution in [3.63, 3.8) is 0 Å². The lowest BCUT2D eigenvalue weighted by Gasteiger charge is -2.44. The first kappa shape index (κ1) is 20.3. The van der Waals surface area contributed by atoms with Gasteiger partial charge in [-0.25, -0.2) is 0 Å². The fraction of sp³-hybridized carbons (Fsp3) is 0.696. The van der Waals surface area contributed by atoms with E-state index in [-0.39, 0.29) is 17.2 Å². The van der Waals surface area contributed by atoms with E-state index in [0.717, 1.165) is 39.0 Å². The highest BCUT2D eigenvalue weighted by atomic mass is 16.3. The number of ketones is 1. The Hall–Kier alpha value is -1.39. The van der Waals surface area contributed by atoms with Gasteiger partial charge in [0, 0.05) is 49.7 Å². The summed E-state index contributed by atoms with van der Waals surface area (Å²) in [6, 6.07) is 8.63. The summed E-state index contributed by atoms with van der Waals surface area (Å²) in [6.07, 6.45) is 3.55. The van der Waals surface area contributed by atoms with E-state index in [1.807, 2.05) is 0 Å². The molecule has 0 unspecified atom stereocenters. The van der Waals surface area contributed by atoms with E-state index in [4.69, 9.17) is 0 Å². The number of Topliss-reactive ketones (excluding diaryl/α,β-unsaturated/α-hetero) is 1. The maximum Gasteiger partial charge on any atom is 0.138 e. The highest BCUT2D eigenvalue weighted by Gasteiger charge is 2.39. The van der Waals surface area contributed by atoms with E-state index in [1.54, 1.807) is 0 Å². The zero-order valence-electron chi connectivity index (χ0n) is 17.5. The Morgan fingerprint density at radius 3 is 2.15 bits per heavy atom. The molecular weight excluding hydrogens is 336 g/mol. The predicted octanol–water partition coefficient (Wildman–Crippen LogP) is 3.80. The number of aliphatic hydroxyl groups is 1. The first-order chi connectivity index (χ1) is 12.7. The van der Waals surface area contributed by atoms with E-state index in [9.17, 15) is 9.90 Å². The molecule has 4 nitrogen and oxygen atoms in total. The van der Waals surface area contributed by atoms with Crippen LogP contribution in [0.4, 0.5) is 5.69 Å². The molecule has 0 saturated carbocycles. The molecule has 2 heterocycles. The molecule has 2 aliphatic rings. The number of likely N-dealkylation sites (tertiary alicyclic amines) is 1. The molecule has 0 aromatic heterocycles. The van der Waals surface area contributed by atoms with Crippen LogP contribution in [-0.4, -0.2) is 53.1 Å². The Bertz CT molecular complexity index is 631. The van der Waals surface area contributed by atoms with Crippen molar-refractivity contribution in [2.24, 2.45) is 5.92 Å². The number of aryl methyl sites for hydroxylation is 1. The Kier molecular flexibility index (Phi) is 5.97. The van der Waals surface area contributed by atoms with Crippen LogP contribution < -0.4 is 4.90 Å². The topological polar surface area (TPSA) is 43.8 Å². The Morgan fingerprint density at radius 1 is 1.07 bits per heavy atom. The summed E-state index contributed by atoms with van der Waals surface area (Å²) in [5.74, 6) is 0.377. The summed E-state index contributed by atoms with van der Waals surface area (Å²) in [6.45, 7) is 12.3. The molecule has 0 amide bonds. The number of benzene rings is 1. The van der Waals surface area contributed by atoms with Gasteiger partial charge in [-0.1, -0.05) is 17.7 Å². The molecule has 2 aliphatic heterocycles. The first-order valence-corrected chi connectivity index (χ1v) is 10.5. The monoisotopic (exact) mass is 372 g/mol. The van der Waals surface area contributed by atoms with Crippen molar-refractivity contribution >= 4 is 11.5 Å². The molecule has 0 spiro atoms. The van der Waals surface area contributed by atoms with Crippen molar-refractivity contribution in [1.29, 1.82) is 0 Å². The van der Waals surface area contributed by atoms with E-state index >= 15 is 0 Å². The molecule has 3 rings (SSSR count). The number of rotatable bonds is 4. The molecule has 0 aliphatic carbocycles. The zero-order chi connectivity index (χ0) is 19.7. The van der Waals surface area contributed by atoms with Crippen molar-refractivity contribution in [3.05, 3.63) is 29.8 Å². The summed E-state index contributed by atoms with van der Waals surface area (Å²) in [4.78, 5) is 17.6. The quantitative estimate of drug-likeness (QED) is 0.873. The van der Waals surface area contributed by atoms with Crippen LogP contribution in [0.2, 0.25) is 0 Å². The number of nitrogens with zero attached hydrogens (tertiary/aromatic N) is 2. The number of piperidine rings is 2. The number of hydrogen-bond acceptors (Lipinski definition) is 4. The van der Waals surface area contributed by atoms with Crippen LogP contribution >= 0.6 is 0 Å². The van der Waals surface area contributed by atoms with Gasteiger partial charge < -0.3 is 10.0 Å². The molecule has 1 aromatic rings. The molecule has 4 heteroatoms. The second kappa shape index (κ2) is 7.92. The Morgan fingerprint density at radius 2 is 1.63 bits per heavy atom. The molecule has 150 valence electrons. The van der Waals surface area contributed by atoms with Crippen LogP contribution in [-0.2, 0) is 4.79 Å². The molecule has 2 saturated heterocycles. The van der Waals surface area contributed by atoms with Gasteiger partial charge in [-0.15, -0.1) is 0 Å². The van der Waals surface area contributed by atoms with Crippen molar-refractivity contribution in [1.82, 2.24) is 4.90 Å². The summed E-state index contributed by atoms with van der Waals surface area (Å²) < 4.78 is 0. The average molecular weight is 373 g/mol.